The lowest BCUT2D eigenvalue weighted by atomic mass is 10.1. The number of methoxy groups -OCH3 is 1. The first-order valence-electron chi connectivity index (χ1n) is 11.1. The second-order valence-corrected chi connectivity index (χ2v) is 8.55. The molecule has 5 aromatic rings. The van der Waals surface area contributed by atoms with Crippen molar-refractivity contribution >= 4 is 17.2 Å². The number of hydrogen-bond acceptors (Lipinski definition) is 5. The van der Waals surface area contributed by atoms with Crippen LogP contribution in [0.15, 0.2) is 77.7 Å². The van der Waals surface area contributed by atoms with E-state index in [1.165, 1.54) is 4.40 Å². The van der Waals surface area contributed by atoms with E-state index in [4.69, 9.17) is 31.2 Å². The summed E-state index contributed by atoms with van der Waals surface area (Å²) in [6, 6.07) is 20.5. The largest absolute Gasteiger partial charge is 0.494 e. The minimum Gasteiger partial charge on any atom is -0.494 e. The van der Waals surface area contributed by atoms with Crippen LogP contribution in [-0.4, -0.2) is 26.3 Å². The third kappa shape index (κ3) is 4.26. The number of para-hydroxylation sites is 2. The third-order valence-corrected chi connectivity index (χ3v) is 5.97. The van der Waals surface area contributed by atoms with Crippen LogP contribution in [0.25, 0.3) is 22.6 Å². The summed E-state index contributed by atoms with van der Waals surface area (Å²) in [7, 11) is 1.62. The summed E-state index contributed by atoms with van der Waals surface area (Å²) in [6.45, 7) is 4.05. The number of hydrogen-bond donors (Lipinski definition) is 0. The topological polar surface area (TPSA) is 70.7 Å². The minimum absolute atomic E-state index is 0.217. The fraction of sp³-hybridized carbons (Fsp3) is 0.148. The van der Waals surface area contributed by atoms with Gasteiger partial charge in [-0.1, -0.05) is 35.9 Å². The Bertz CT molecular complexity index is 1610. The van der Waals surface area contributed by atoms with Gasteiger partial charge in [-0.15, -0.1) is 0 Å². The van der Waals surface area contributed by atoms with E-state index < -0.39 is 0 Å². The molecular formula is C27H23ClN4O3. The van der Waals surface area contributed by atoms with Gasteiger partial charge in [-0.2, -0.15) is 5.10 Å². The molecule has 0 aliphatic rings. The fourth-order valence-corrected chi connectivity index (χ4v) is 4.30. The number of benzene rings is 2. The second-order valence-electron chi connectivity index (χ2n) is 8.12. The van der Waals surface area contributed by atoms with Crippen molar-refractivity contribution in [3.63, 3.8) is 0 Å². The first kappa shape index (κ1) is 22.7. The van der Waals surface area contributed by atoms with Crippen LogP contribution in [0.3, 0.4) is 0 Å². The highest BCUT2D eigenvalue weighted by atomic mass is 35.5. The lowest BCUT2D eigenvalue weighted by Crippen LogP contribution is -2.19. The predicted octanol–water partition coefficient (Wildman–Crippen LogP) is 5.41. The maximum absolute atomic E-state index is 13.6. The summed E-state index contributed by atoms with van der Waals surface area (Å²) in [5.41, 5.74) is 4.36. The summed E-state index contributed by atoms with van der Waals surface area (Å²) < 4.78 is 14.8. The number of aryl methyl sites for hydroxylation is 2. The number of ether oxygens (including phenoxy) is 2. The highest BCUT2D eigenvalue weighted by Gasteiger charge is 2.19. The molecule has 0 aliphatic carbocycles. The van der Waals surface area contributed by atoms with Gasteiger partial charge in [0.2, 0.25) is 0 Å². The fourth-order valence-electron chi connectivity index (χ4n) is 4.08. The zero-order valence-corrected chi connectivity index (χ0v) is 20.3. The molecule has 0 unspecified atom stereocenters. The number of fused-ring (bicyclic) bond motifs is 1. The van der Waals surface area contributed by atoms with Crippen molar-refractivity contribution in [2.45, 2.75) is 20.5 Å². The van der Waals surface area contributed by atoms with Crippen LogP contribution in [0.4, 0.5) is 0 Å². The first-order valence-corrected chi connectivity index (χ1v) is 11.4. The number of rotatable bonds is 6. The van der Waals surface area contributed by atoms with Crippen LogP contribution < -0.4 is 15.0 Å². The van der Waals surface area contributed by atoms with Gasteiger partial charge in [0, 0.05) is 16.9 Å². The number of pyridine rings is 1. The minimum atomic E-state index is -0.217. The molecule has 176 valence electrons. The summed E-state index contributed by atoms with van der Waals surface area (Å²) in [6.07, 6.45) is 1.68. The third-order valence-electron chi connectivity index (χ3n) is 5.74. The van der Waals surface area contributed by atoms with Gasteiger partial charge in [-0.25, -0.2) is 9.67 Å². The molecule has 0 saturated carbocycles. The second kappa shape index (κ2) is 9.27. The van der Waals surface area contributed by atoms with Gasteiger partial charge in [0.05, 0.1) is 18.4 Å². The van der Waals surface area contributed by atoms with Gasteiger partial charge in [-0.05, 0) is 61.9 Å². The van der Waals surface area contributed by atoms with Gasteiger partial charge in [0.1, 0.15) is 23.7 Å². The zero-order chi connectivity index (χ0) is 24.5. The molecule has 3 aromatic heterocycles. The molecule has 0 radical (unpaired) electrons. The Morgan fingerprint density at radius 2 is 1.77 bits per heavy atom. The lowest BCUT2D eigenvalue weighted by Gasteiger charge is -2.12. The molecule has 3 heterocycles. The predicted molar refractivity (Wildman–Crippen MR) is 136 cm³/mol. The first-order chi connectivity index (χ1) is 17.0. The van der Waals surface area contributed by atoms with Crippen molar-refractivity contribution in [3.05, 3.63) is 105 Å². The SMILES string of the molecule is COc1ccccc1-n1nc(-c2c(C)nc3c(OCc4cccc(Cl)c4)cccn3c2=O)cc1C. The highest BCUT2D eigenvalue weighted by molar-refractivity contribution is 6.30. The smallest absolute Gasteiger partial charge is 0.267 e. The molecule has 7 nitrogen and oxygen atoms in total. The van der Waals surface area contributed by atoms with Crippen molar-refractivity contribution in [3.8, 4) is 28.4 Å². The molecule has 8 heteroatoms. The van der Waals surface area contributed by atoms with E-state index in [0.717, 1.165) is 16.9 Å². The van der Waals surface area contributed by atoms with Crippen LogP contribution in [0.1, 0.15) is 17.0 Å². The van der Waals surface area contributed by atoms with Crippen LogP contribution in [-0.2, 0) is 6.61 Å². The van der Waals surface area contributed by atoms with E-state index in [1.807, 2.05) is 68.4 Å². The zero-order valence-electron chi connectivity index (χ0n) is 19.5. The molecule has 0 saturated heterocycles. The number of halogens is 1. The van der Waals surface area contributed by atoms with Crippen molar-refractivity contribution in [1.82, 2.24) is 19.2 Å². The Labute approximate surface area is 207 Å². The normalized spacial score (nSPS) is 11.1. The highest BCUT2D eigenvalue weighted by Crippen LogP contribution is 2.27. The maximum atomic E-state index is 13.6. The van der Waals surface area contributed by atoms with Gasteiger partial charge in [0.25, 0.3) is 5.56 Å². The summed E-state index contributed by atoms with van der Waals surface area (Å²) >= 11 is 6.08. The average molecular weight is 487 g/mol. The molecule has 0 atom stereocenters. The van der Waals surface area contributed by atoms with E-state index in [-0.39, 0.29) is 5.56 Å². The van der Waals surface area contributed by atoms with Crippen molar-refractivity contribution in [1.29, 1.82) is 0 Å². The summed E-state index contributed by atoms with van der Waals surface area (Å²) in [5, 5.41) is 5.37. The van der Waals surface area contributed by atoms with Crippen LogP contribution in [0.2, 0.25) is 5.02 Å². The average Bonchev–Trinajstić information content (AvgIpc) is 3.23. The van der Waals surface area contributed by atoms with Crippen LogP contribution in [0.5, 0.6) is 11.5 Å². The monoisotopic (exact) mass is 486 g/mol. The Morgan fingerprint density at radius 3 is 2.57 bits per heavy atom. The van der Waals surface area contributed by atoms with Gasteiger partial charge < -0.3 is 9.47 Å². The molecule has 0 spiro atoms. The maximum Gasteiger partial charge on any atom is 0.267 e. The molecule has 35 heavy (non-hydrogen) atoms. The van der Waals surface area contributed by atoms with E-state index in [9.17, 15) is 4.79 Å². The van der Waals surface area contributed by atoms with E-state index >= 15 is 0 Å². The molecule has 0 amide bonds. The molecule has 0 bridgehead atoms. The lowest BCUT2D eigenvalue weighted by molar-refractivity contribution is 0.308. The van der Waals surface area contributed by atoms with Gasteiger partial charge >= 0.3 is 0 Å². The van der Waals surface area contributed by atoms with Crippen LogP contribution in [0, 0.1) is 13.8 Å². The molecule has 0 N–H and O–H groups in total. The van der Waals surface area contributed by atoms with E-state index in [2.05, 4.69) is 0 Å². The van der Waals surface area contributed by atoms with Crippen molar-refractivity contribution in [2.75, 3.05) is 7.11 Å². The molecule has 0 aliphatic heterocycles. The number of nitrogens with zero attached hydrogens (tertiary/aromatic N) is 4. The molecule has 5 rings (SSSR count). The molecular weight excluding hydrogens is 464 g/mol. The summed E-state index contributed by atoms with van der Waals surface area (Å²) in [5.74, 6) is 1.20. The summed E-state index contributed by atoms with van der Waals surface area (Å²) in [4.78, 5) is 18.3. The van der Waals surface area contributed by atoms with Crippen molar-refractivity contribution < 1.29 is 9.47 Å². The Hall–Kier alpha value is -4.10. The Kier molecular flexibility index (Phi) is 6.01. The van der Waals surface area contributed by atoms with E-state index in [0.29, 0.717) is 45.7 Å². The Balaban J connectivity index is 1.56. The van der Waals surface area contributed by atoms with Gasteiger partial charge in [0.15, 0.2) is 11.4 Å². The molecule has 2 aromatic carbocycles. The van der Waals surface area contributed by atoms with Crippen molar-refractivity contribution in [2.24, 2.45) is 0 Å². The van der Waals surface area contributed by atoms with Crippen LogP contribution >= 0.6 is 11.6 Å². The quantitative estimate of drug-likeness (QED) is 0.321. The van der Waals surface area contributed by atoms with E-state index in [1.54, 1.807) is 30.1 Å². The standard InChI is InChI=1S/C27H23ClN4O3/c1-17-14-21(30-32(17)22-10-4-5-11-23(22)34-3)25-18(2)29-26-24(12-7-13-31(26)27(25)33)35-16-19-8-6-9-20(28)15-19/h4-15H,16H2,1-3H3. The number of aromatic nitrogens is 4. The Morgan fingerprint density at radius 1 is 0.971 bits per heavy atom. The molecule has 0 fully saturated rings. The van der Waals surface area contributed by atoms with Gasteiger partial charge in [-0.3, -0.25) is 9.20 Å².